The summed E-state index contributed by atoms with van der Waals surface area (Å²) in [7, 11) is 0. The van der Waals surface area contributed by atoms with E-state index in [0.717, 1.165) is 25.2 Å². The fraction of sp³-hybridized carbons (Fsp3) is 0.583. The fourth-order valence-corrected chi connectivity index (χ4v) is 2.73. The fourth-order valence-electron chi connectivity index (χ4n) is 2.10. The first kappa shape index (κ1) is 11.6. The van der Waals surface area contributed by atoms with Gasteiger partial charge in [-0.25, -0.2) is 0 Å². The Labute approximate surface area is 100 Å². The zero-order valence-corrected chi connectivity index (χ0v) is 10.4. The smallest absolute Gasteiger partial charge is 0.254 e. The molecule has 88 valence electrons. The Kier molecular flexibility index (Phi) is 3.96. The second-order valence-electron chi connectivity index (χ2n) is 4.15. The van der Waals surface area contributed by atoms with Crippen LogP contribution in [0.25, 0.3) is 0 Å². The van der Waals surface area contributed by atoms with Gasteiger partial charge in [-0.15, -0.1) is 0 Å². The summed E-state index contributed by atoms with van der Waals surface area (Å²) in [6, 6.07) is 2.39. The quantitative estimate of drug-likeness (QED) is 0.869. The predicted molar refractivity (Wildman–Crippen MR) is 66.9 cm³/mol. The lowest BCUT2D eigenvalue weighted by Crippen LogP contribution is -2.40. The zero-order valence-electron chi connectivity index (χ0n) is 9.61. The Morgan fingerprint density at radius 2 is 2.56 bits per heavy atom. The third-order valence-corrected chi connectivity index (χ3v) is 3.72. The predicted octanol–water partition coefficient (Wildman–Crippen LogP) is 1.96. The second-order valence-corrected chi connectivity index (χ2v) is 4.93. The molecule has 1 fully saturated rings. The van der Waals surface area contributed by atoms with Crippen LogP contribution in [0.2, 0.25) is 0 Å². The lowest BCUT2D eigenvalue weighted by Gasteiger charge is -2.24. The minimum Gasteiger partial charge on any atom is -0.337 e. The third kappa shape index (κ3) is 2.62. The van der Waals surface area contributed by atoms with E-state index in [1.54, 1.807) is 11.3 Å². The maximum atomic E-state index is 12.1. The first-order valence-electron chi connectivity index (χ1n) is 5.86. The topological polar surface area (TPSA) is 32.3 Å². The summed E-state index contributed by atoms with van der Waals surface area (Å²) in [6.07, 6.45) is 2.42. The van der Waals surface area contributed by atoms with Crippen LogP contribution in [0.1, 0.15) is 30.1 Å². The molecule has 2 heterocycles. The molecule has 1 aliphatic rings. The molecule has 0 bridgehead atoms. The van der Waals surface area contributed by atoms with Gasteiger partial charge < -0.3 is 10.2 Å². The minimum absolute atomic E-state index is 0.164. The number of nitrogens with zero attached hydrogens (tertiary/aromatic N) is 1. The van der Waals surface area contributed by atoms with Gasteiger partial charge in [0.1, 0.15) is 0 Å². The summed E-state index contributed by atoms with van der Waals surface area (Å²) in [5, 5.41) is 7.31. The van der Waals surface area contributed by atoms with Gasteiger partial charge in [-0.05, 0) is 37.8 Å². The number of hydrogen-bond donors (Lipinski definition) is 1. The standard InChI is InChI=1S/C12H18N2OS/c1-2-14(8-11-4-3-6-13-11)12(15)10-5-7-16-9-10/h5,7,9,11,13H,2-4,6,8H2,1H3. The van der Waals surface area contributed by atoms with Crippen LogP contribution in [0.4, 0.5) is 0 Å². The normalized spacial score (nSPS) is 19.9. The van der Waals surface area contributed by atoms with E-state index < -0.39 is 0 Å². The van der Waals surface area contributed by atoms with E-state index in [2.05, 4.69) is 5.32 Å². The highest BCUT2D eigenvalue weighted by atomic mass is 32.1. The van der Waals surface area contributed by atoms with Gasteiger partial charge in [0.2, 0.25) is 0 Å². The van der Waals surface area contributed by atoms with Gasteiger partial charge >= 0.3 is 0 Å². The number of hydrogen-bond acceptors (Lipinski definition) is 3. The highest BCUT2D eigenvalue weighted by Crippen LogP contribution is 2.12. The number of rotatable bonds is 4. The molecule has 16 heavy (non-hydrogen) atoms. The molecule has 0 radical (unpaired) electrons. The molecule has 4 heteroatoms. The summed E-state index contributed by atoms with van der Waals surface area (Å²) < 4.78 is 0. The third-order valence-electron chi connectivity index (χ3n) is 3.04. The van der Waals surface area contributed by atoms with Crippen molar-refractivity contribution < 1.29 is 4.79 Å². The molecule has 2 rings (SSSR count). The Hall–Kier alpha value is -0.870. The van der Waals surface area contributed by atoms with Crippen LogP contribution >= 0.6 is 11.3 Å². The van der Waals surface area contributed by atoms with Crippen molar-refractivity contribution in [3.8, 4) is 0 Å². The monoisotopic (exact) mass is 238 g/mol. The van der Waals surface area contributed by atoms with E-state index in [9.17, 15) is 4.79 Å². The van der Waals surface area contributed by atoms with Crippen molar-refractivity contribution in [2.75, 3.05) is 19.6 Å². The molecule has 1 aromatic heterocycles. The van der Waals surface area contributed by atoms with E-state index in [1.165, 1.54) is 12.8 Å². The first-order chi connectivity index (χ1) is 7.81. The first-order valence-corrected chi connectivity index (χ1v) is 6.80. The summed E-state index contributed by atoms with van der Waals surface area (Å²) in [5.41, 5.74) is 0.824. The molecule has 1 amide bonds. The van der Waals surface area contributed by atoms with Crippen molar-refractivity contribution in [1.82, 2.24) is 10.2 Å². The van der Waals surface area contributed by atoms with Crippen LogP contribution in [-0.2, 0) is 0 Å². The number of thiophene rings is 1. The van der Waals surface area contributed by atoms with Crippen molar-refractivity contribution in [3.63, 3.8) is 0 Å². The molecule has 1 unspecified atom stereocenters. The van der Waals surface area contributed by atoms with Crippen LogP contribution in [-0.4, -0.2) is 36.5 Å². The molecule has 1 saturated heterocycles. The van der Waals surface area contributed by atoms with Gasteiger partial charge in [0, 0.05) is 24.5 Å². The van der Waals surface area contributed by atoms with Gasteiger partial charge in [0.25, 0.3) is 5.91 Å². The Balaban J connectivity index is 1.96. The Morgan fingerprint density at radius 1 is 1.69 bits per heavy atom. The lowest BCUT2D eigenvalue weighted by molar-refractivity contribution is 0.0752. The molecule has 0 aromatic carbocycles. The van der Waals surface area contributed by atoms with Crippen LogP contribution in [0.3, 0.4) is 0 Å². The van der Waals surface area contributed by atoms with E-state index in [-0.39, 0.29) is 5.91 Å². The highest BCUT2D eigenvalue weighted by Gasteiger charge is 2.21. The molecule has 1 atom stereocenters. The zero-order chi connectivity index (χ0) is 11.4. The molecular weight excluding hydrogens is 220 g/mol. The summed E-state index contributed by atoms with van der Waals surface area (Å²) >= 11 is 1.58. The van der Waals surface area contributed by atoms with Gasteiger partial charge in [0.15, 0.2) is 0 Å². The maximum Gasteiger partial charge on any atom is 0.254 e. The van der Waals surface area contributed by atoms with Gasteiger partial charge in [0.05, 0.1) is 5.56 Å². The average molecular weight is 238 g/mol. The van der Waals surface area contributed by atoms with Crippen LogP contribution in [0.15, 0.2) is 16.8 Å². The number of carbonyl (C=O) groups is 1. The van der Waals surface area contributed by atoms with Crippen LogP contribution in [0, 0.1) is 0 Å². The highest BCUT2D eigenvalue weighted by molar-refractivity contribution is 7.08. The molecule has 1 aliphatic heterocycles. The van der Waals surface area contributed by atoms with Gasteiger partial charge in [-0.2, -0.15) is 11.3 Å². The summed E-state index contributed by atoms with van der Waals surface area (Å²) in [5.74, 6) is 0.164. The minimum atomic E-state index is 0.164. The molecule has 0 saturated carbocycles. The molecule has 0 spiro atoms. The van der Waals surface area contributed by atoms with Gasteiger partial charge in [-0.3, -0.25) is 4.79 Å². The van der Waals surface area contributed by atoms with Crippen molar-refractivity contribution in [3.05, 3.63) is 22.4 Å². The average Bonchev–Trinajstić information content (AvgIpc) is 2.97. The Bertz CT molecular complexity index is 331. The van der Waals surface area contributed by atoms with Crippen molar-refractivity contribution in [2.24, 2.45) is 0 Å². The lowest BCUT2D eigenvalue weighted by atomic mass is 10.2. The largest absolute Gasteiger partial charge is 0.337 e. The summed E-state index contributed by atoms with van der Waals surface area (Å²) in [6.45, 7) is 4.76. The molecule has 1 aromatic rings. The number of likely N-dealkylation sites (N-methyl/N-ethyl adjacent to an activating group) is 1. The van der Waals surface area contributed by atoms with Crippen molar-refractivity contribution in [2.45, 2.75) is 25.8 Å². The molecule has 1 N–H and O–H groups in total. The molecular formula is C12H18N2OS. The van der Waals surface area contributed by atoms with Crippen LogP contribution < -0.4 is 5.32 Å². The Morgan fingerprint density at radius 3 is 3.12 bits per heavy atom. The van der Waals surface area contributed by atoms with E-state index in [4.69, 9.17) is 0 Å². The van der Waals surface area contributed by atoms with Crippen LogP contribution in [0.5, 0.6) is 0 Å². The maximum absolute atomic E-state index is 12.1. The van der Waals surface area contributed by atoms with Crippen molar-refractivity contribution >= 4 is 17.2 Å². The number of amides is 1. The number of carbonyl (C=O) groups excluding carboxylic acids is 1. The molecule has 0 aliphatic carbocycles. The van der Waals surface area contributed by atoms with Crippen molar-refractivity contribution in [1.29, 1.82) is 0 Å². The van der Waals surface area contributed by atoms with E-state index in [0.29, 0.717) is 6.04 Å². The van der Waals surface area contributed by atoms with Gasteiger partial charge in [-0.1, -0.05) is 0 Å². The molecule has 3 nitrogen and oxygen atoms in total. The van der Waals surface area contributed by atoms with E-state index >= 15 is 0 Å². The second kappa shape index (κ2) is 5.46. The number of nitrogens with one attached hydrogen (secondary N) is 1. The SMILES string of the molecule is CCN(CC1CCCN1)C(=O)c1ccsc1. The summed E-state index contributed by atoms with van der Waals surface area (Å²) in [4.78, 5) is 14.1. The van der Waals surface area contributed by atoms with E-state index in [1.807, 2.05) is 28.7 Å².